The van der Waals surface area contributed by atoms with E-state index in [-0.39, 0.29) is 31.0 Å². The lowest BCUT2D eigenvalue weighted by Crippen LogP contribution is -2.28. The van der Waals surface area contributed by atoms with E-state index in [1.807, 2.05) is 26.0 Å². The highest BCUT2D eigenvalue weighted by Gasteiger charge is 2.18. The minimum Gasteiger partial charge on any atom is -0.484 e. The summed E-state index contributed by atoms with van der Waals surface area (Å²) in [5, 5.41) is 2.87. The fourth-order valence-electron chi connectivity index (χ4n) is 2.88. The maximum atomic E-state index is 12.4. The molecule has 0 saturated carbocycles. The summed E-state index contributed by atoms with van der Waals surface area (Å²) >= 11 is 0. The predicted molar refractivity (Wildman–Crippen MR) is 98.3 cm³/mol. The summed E-state index contributed by atoms with van der Waals surface area (Å²) in [5.41, 5.74) is 2.00. The zero-order valence-electron chi connectivity index (χ0n) is 15.5. The van der Waals surface area contributed by atoms with Crippen LogP contribution in [0.1, 0.15) is 40.6 Å². The van der Waals surface area contributed by atoms with Crippen molar-refractivity contribution in [1.82, 2.24) is 15.3 Å². The Hall–Kier alpha value is -3.55. The molecule has 0 spiro atoms. The van der Waals surface area contributed by atoms with Crippen LogP contribution in [0, 0.1) is 6.92 Å². The number of benzene rings is 1. The number of nitrogens with zero attached hydrogens (tertiary/aromatic N) is 2. The number of pyridine rings is 1. The zero-order valence-corrected chi connectivity index (χ0v) is 15.5. The molecule has 0 aliphatic carbocycles. The van der Waals surface area contributed by atoms with Crippen molar-refractivity contribution in [1.29, 1.82) is 0 Å². The van der Waals surface area contributed by atoms with E-state index in [1.54, 1.807) is 24.4 Å². The van der Waals surface area contributed by atoms with Crippen LogP contribution in [0.15, 0.2) is 47.2 Å². The number of oxazole rings is 1. The molecule has 2 aromatic heterocycles. The smallest absolute Gasteiger partial charge is 0.273 e. The highest BCUT2D eigenvalue weighted by Crippen LogP contribution is 2.35. The van der Waals surface area contributed by atoms with E-state index in [4.69, 9.17) is 18.6 Å². The van der Waals surface area contributed by atoms with Gasteiger partial charge in [-0.15, -0.1) is 0 Å². The van der Waals surface area contributed by atoms with E-state index in [1.165, 1.54) is 6.26 Å². The van der Waals surface area contributed by atoms with E-state index in [0.29, 0.717) is 23.1 Å². The van der Waals surface area contributed by atoms with Gasteiger partial charge in [-0.05, 0) is 37.6 Å². The van der Waals surface area contributed by atoms with Crippen LogP contribution >= 0.6 is 0 Å². The molecule has 0 bridgehead atoms. The van der Waals surface area contributed by atoms with Crippen LogP contribution in [-0.2, 0) is 6.61 Å². The average Bonchev–Trinajstić information content (AvgIpc) is 3.35. The summed E-state index contributed by atoms with van der Waals surface area (Å²) < 4.78 is 21.6. The molecule has 3 heterocycles. The second-order valence-corrected chi connectivity index (χ2v) is 6.33. The van der Waals surface area contributed by atoms with Crippen molar-refractivity contribution in [3.8, 4) is 17.2 Å². The van der Waals surface area contributed by atoms with Gasteiger partial charge in [0, 0.05) is 12.3 Å². The molecule has 8 heteroatoms. The molecule has 0 radical (unpaired) electrons. The first-order valence-electron chi connectivity index (χ1n) is 8.79. The first-order valence-corrected chi connectivity index (χ1v) is 8.79. The van der Waals surface area contributed by atoms with E-state index >= 15 is 0 Å². The van der Waals surface area contributed by atoms with Crippen LogP contribution in [-0.4, -0.2) is 22.7 Å². The van der Waals surface area contributed by atoms with Gasteiger partial charge in [-0.25, -0.2) is 4.98 Å². The van der Waals surface area contributed by atoms with Gasteiger partial charge in [0.05, 0.1) is 11.7 Å². The van der Waals surface area contributed by atoms with Gasteiger partial charge in [-0.1, -0.05) is 6.07 Å². The normalized spacial score (nSPS) is 13.2. The number of hydrogen-bond acceptors (Lipinski definition) is 7. The molecule has 0 fully saturated rings. The standard InChI is InChI=1S/C20H19N3O5/c1-12-4-3-7-21-19(12)13(2)22-20(24)15-9-26-18(23-15)10-25-14-5-6-16-17(8-14)28-11-27-16/h3-9,13H,10-11H2,1-2H3,(H,22,24)/t13-/m1/s1. The molecular weight excluding hydrogens is 362 g/mol. The molecule has 1 amide bonds. The minimum atomic E-state index is -0.337. The Morgan fingerprint density at radius 3 is 3.00 bits per heavy atom. The summed E-state index contributed by atoms with van der Waals surface area (Å²) in [7, 11) is 0. The fraction of sp³-hybridized carbons (Fsp3) is 0.250. The molecule has 8 nitrogen and oxygen atoms in total. The Morgan fingerprint density at radius 2 is 2.14 bits per heavy atom. The Morgan fingerprint density at radius 1 is 1.29 bits per heavy atom. The molecule has 1 N–H and O–H groups in total. The maximum Gasteiger partial charge on any atom is 0.273 e. The van der Waals surface area contributed by atoms with Gasteiger partial charge >= 0.3 is 0 Å². The quantitative estimate of drug-likeness (QED) is 0.700. The predicted octanol–water partition coefficient (Wildman–Crippen LogP) is 3.18. The summed E-state index contributed by atoms with van der Waals surface area (Å²) in [6.45, 7) is 4.11. The van der Waals surface area contributed by atoms with E-state index in [2.05, 4.69) is 15.3 Å². The number of hydrogen-bond donors (Lipinski definition) is 1. The Balaban J connectivity index is 1.36. The third kappa shape index (κ3) is 3.75. The lowest BCUT2D eigenvalue weighted by molar-refractivity contribution is 0.0934. The van der Waals surface area contributed by atoms with Crippen molar-refractivity contribution in [2.75, 3.05) is 6.79 Å². The molecule has 28 heavy (non-hydrogen) atoms. The van der Waals surface area contributed by atoms with Crippen molar-refractivity contribution in [3.63, 3.8) is 0 Å². The van der Waals surface area contributed by atoms with Crippen molar-refractivity contribution in [3.05, 3.63) is 65.6 Å². The van der Waals surface area contributed by atoms with E-state index in [0.717, 1.165) is 11.3 Å². The SMILES string of the molecule is Cc1cccnc1[C@@H](C)NC(=O)c1coc(COc2ccc3c(c2)OCO3)n1. The molecule has 3 aromatic rings. The Bertz CT molecular complexity index is 1000. The number of nitrogens with one attached hydrogen (secondary N) is 1. The molecule has 4 rings (SSSR count). The van der Waals surface area contributed by atoms with Crippen molar-refractivity contribution < 1.29 is 23.4 Å². The average molecular weight is 381 g/mol. The van der Waals surface area contributed by atoms with Crippen LogP contribution in [0.3, 0.4) is 0 Å². The molecule has 1 aliphatic rings. The monoisotopic (exact) mass is 381 g/mol. The van der Waals surface area contributed by atoms with Gasteiger partial charge in [0.25, 0.3) is 5.91 Å². The number of aromatic nitrogens is 2. The molecule has 1 aromatic carbocycles. The number of carbonyl (C=O) groups excluding carboxylic acids is 1. The van der Waals surface area contributed by atoms with Gasteiger partial charge in [0.15, 0.2) is 23.8 Å². The summed E-state index contributed by atoms with van der Waals surface area (Å²) in [5.74, 6) is 1.86. The second kappa shape index (κ2) is 7.59. The maximum absolute atomic E-state index is 12.4. The van der Waals surface area contributed by atoms with Crippen molar-refractivity contribution in [2.24, 2.45) is 0 Å². The largest absolute Gasteiger partial charge is 0.484 e. The van der Waals surface area contributed by atoms with Crippen LogP contribution in [0.4, 0.5) is 0 Å². The van der Waals surface area contributed by atoms with E-state index < -0.39 is 0 Å². The molecule has 0 unspecified atom stereocenters. The number of carbonyl (C=O) groups is 1. The third-order valence-electron chi connectivity index (χ3n) is 4.30. The second-order valence-electron chi connectivity index (χ2n) is 6.33. The van der Waals surface area contributed by atoms with Gasteiger partial charge in [-0.3, -0.25) is 9.78 Å². The van der Waals surface area contributed by atoms with Gasteiger partial charge in [0.1, 0.15) is 12.0 Å². The van der Waals surface area contributed by atoms with Gasteiger partial charge < -0.3 is 23.9 Å². The molecule has 144 valence electrons. The molecule has 1 atom stereocenters. The first-order chi connectivity index (χ1) is 13.6. The number of amides is 1. The number of aryl methyl sites for hydroxylation is 1. The highest BCUT2D eigenvalue weighted by molar-refractivity contribution is 5.92. The lowest BCUT2D eigenvalue weighted by Gasteiger charge is -2.14. The molecule has 1 aliphatic heterocycles. The van der Waals surface area contributed by atoms with Gasteiger partial charge in [0.2, 0.25) is 12.7 Å². The summed E-state index contributed by atoms with van der Waals surface area (Å²) in [6, 6.07) is 8.83. The lowest BCUT2D eigenvalue weighted by atomic mass is 10.1. The van der Waals surface area contributed by atoms with Crippen LogP contribution in [0.5, 0.6) is 17.2 Å². The zero-order chi connectivity index (χ0) is 19.5. The minimum absolute atomic E-state index is 0.0851. The van der Waals surface area contributed by atoms with Crippen molar-refractivity contribution in [2.45, 2.75) is 26.5 Å². The van der Waals surface area contributed by atoms with Crippen LogP contribution in [0.2, 0.25) is 0 Å². The van der Waals surface area contributed by atoms with E-state index in [9.17, 15) is 4.79 Å². The van der Waals surface area contributed by atoms with Crippen LogP contribution in [0.25, 0.3) is 0 Å². The van der Waals surface area contributed by atoms with Crippen molar-refractivity contribution >= 4 is 5.91 Å². The Labute approximate surface area is 161 Å². The first kappa shape index (κ1) is 17.8. The number of ether oxygens (including phenoxy) is 3. The molecule has 0 saturated heterocycles. The Kier molecular flexibility index (Phi) is 4.84. The highest BCUT2D eigenvalue weighted by atomic mass is 16.7. The number of fused-ring (bicyclic) bond motifs is 1. The summed E-state index contributed by atoms with van der Waals surface area (Å²) in [4.78, 5) is 20.9. The fourth-order valence-corrected chi connectivity index (χ4v) is 2.88. The van der Waals surface area contributed by atoms with Gasteiger partial charge in [-0.2, -0.15) is 0 Å². The topological polar surface area (TPSA) is 95.7 Å². The number of rotatable bonds is 6. The third-order valence-corrected chi connectivity index (χ3v) is 4.30. The summed E-state index contributed by atoms with van der Waals surface area (Å²) in [6.07, 6.45) is 3.01. The molecular formula is C20H19N3O5. The van der Waals surface area contributed by atoms with Crippen LogP contribution < -0.4 is 19.5 Å².